The monoisotopic (exact) mass is 636 g/mol. The van der Waals surface area contributed by atoms with Gasteiger partial charge in [0, 0.05) is 18.4 Å². The first-order valence-electron chi connectivity index (χ1n) is 15.4. The molecule has 2 bridgehead atoms. The molecule has 3 atom stereocenters. The molecule has 1 fully saturated rings. The minimum absolute atomic E-state index is 0.0969. The maximum Gasteiger partial charge on any atom is 0.251 e. The van der Waals surface area contributed by atoms with E-state index >= 15 is 0 Å². The molecular formula is C35H36N6O6. The van der Waals surface area contributed by atoms with Crippen LogP contribution in [0.25, 0.3) is 0 Å². The number of nitriles is 1. The van der Waals surface area contributed by atoms with Crippen LogP contribution in [0, 0.1) is 11.3 Å². The van der Waals surface area contributed by atoms with Gasteiger partial charge >= 0.3 is 0 Å². The first kappa shape index (κ1) is 32.7. The first-order valence-corrected chi connectivity index (χ1v) is 15.4. The van der Waals surface area contributed by atoms with Crippen molar-refractivity contribution >= 4 is 29.5 Å². The lowest BCUT2D eigenvalue weighted by molar-refractivity contribution is -0.134. The average Bonchev–Trinajstić information content (AvgIpc) is 3.87. The van der Waals surface area contributed by atoms with Crippen molar-refractivity contribution in [2.75, 3.05) is 13.2 Å². The number of nitrogens with one attached hydrogen (secondary N) is 5. The fourth-order valence-electron chi connectivity index (χ4n) is 5.20. The van der Waals surface area contributed by atoms with Gasteiger partial charge in [-0.25, -0.2) is 0 Å². The Labute approximate surface area is 272 Å². The number of hydrogen-bond acceptors (Lipinski definition) is 7. The highest BCUT2D eigenvalue weighted by Crippen LogP contribution is 2.35. The molecule has 2 aliphatic heterocycles. The molecule has 0 aromatic heterocycles. The molecule has 1 aliphatic carbocycles. The van der Waals surface area contributed by atoms with E-state index in [1.165, 1.54) is 31.2 Å². The van der Waals surface area contributed by atoms with E-state index in [1.54, 1.807) is 24.3 Å². The lowest BCUT2D eigenvalue weighted by Crippen LogP contribution is -2.59. The predicted octanol–water partition coefficient (Wildman–Crippen LogP) is 1.29. The minimum Gasteiger partial charge on any atom is -0.492 e. The molecule has 242 valence electrons. The Morgan fingerprint density at radius 2 is 1.62 bits per heavy atom. The minimum atomic E-state index is -1.08. The topological polar surface area (TPSA) is 179 Å². The molecule has 47 heavy (non-hydrogen) atoms. The van der Waals surface area contributed by atoms with Crippen molar-refractivity contribution in [3.05, 3.63) is 101 Å². The van der Waals surface area contributed by atoms with E-state index in [0.717, 1.165) is 5.56 Å². The third-order valence-electron chi connectivity index (χ3n) is 8.13. The standard InChI is InChI=1S/C35H36N6O6/c1-22-30(42)39-29(19-23-5-3-2-4-6-23)33(45)41-35(15-16-35)34(46)37-17-18-47-27-13-9-24(10-14-27)20-28(32(44)38-22)40-31(43)26-11-7-25(21-36)8-12-26/h2-14,22,28-29H,15-20H2,1H3,(H,37,46)(H,38,44)(H,39,42)(H,40,43)(H,41,45)/t22-,28-,29+/m0/s1. The molecule has 3 aromatic carbocycles. The largest absolute Gasteiger partial charge is 0.492 e. The lowest BCUT2D eigenvalue weighted by Gasteiger charge is -2.25. The molecule has 5 amide bonds. The van der Waals surface area contributed by atoms with Crippen molar-refractivity contribution in [2.24, 2.45) is 0 Å². The summed E-state index contributed by atoms with van der Waals surface area (Å²) in [7, 11) is 0. The van der Waals surface area contributed by atoms with Crippen molar-refractivity contribution in [3.63, 3.8) is 0 Å². The van der Waals surface area contributed by atoms with Gasteiger partial charge in [0.2, 0.25) is 23.6 Å². The lowest BCUT2D eigenvalue weighted by atomic mass is 10.0. The Morgan fingerprint density at radius 3 is 2.28 bits per heavy atom. The van der Waals surface area contributed by atoms with Crippen molar-refractivity contribution in [2.45, 2.75) is 56.3 Å². The number of ether oxygens (including phenoxy) is 1. The van der Waals surface area contributed by atoms with Crippen molar-refractivity contribution in [1.29, 1.82) is 5.26 Å². The smallest absolute Gasteiger partial charge is 0.251 e. The Morgan fingerprint density at radius 1 is 0.915 bits per heavy atom. The molecule has 5 N–H and O–H groups in total. The number of hydrogen-bond donors (Lipinski definition) is 5. The fourth-order valence-corrected chi connectivity index (χ4v) is 5.20. The highest BCUT2D eigenvalue weighted by molar-refractivity contribution is 5.99. The molecule has 3 aliphatic rings. The zero-order chi connectivity index (χ0) is 33.4. The summed E-state index contributed by atoms with van der Waals surface area (Å²) in [5, 5.41) is 22.9. The number of amides is 5. The normalized spacial score (nSPS) is 21.6. The Balaban J connectivity index is 1.39. The number of benzene rings is 3. The van der Waals surface area contributed by atoms with E-state index in [9.17, 15) is 24.0 Å². The first-order chi connectivity index (χ1) is 22.7. The Bertz CT molecular complexity index is 1670. The molecule has 0 unspecified atom stereocenters. The maximum absolute atomic E-state index is 13.6. The summed E-state index contributed by atoms with van der Waals surface area (Å²) in [4.78, 5) is 66.7. The molecule has 0 saturated heterocycles. The highest BCUT2D eigenvalue weighted by Gasteiger charge is 2.51. The van der Waals surface area contributed by atoms with Crippen LogP contribution in [0.4, 0.5) is 0 Å². The summed E-state index contributed by atoms with van der Waals surface area (Å²) >= 11 is 0. The van der Waals surface area contributed by atoms with Crippen LogP contribution in [0.3, 0.4) is 0 Å². The van der Waals surface area contributed by atoms with Gasteiger partial charge < -0.3 is 31.3 Å². The van der Waals surface area contributed by atoms with Crippen LogP contribution in [0.1, 0.15) is 46.8 Å². The van der Waals surface area contributed by atoms with E-state index in [0.29, 0.717) is 29.7 Å². The Kier molecular flexibility index (Phi) is 10.2. The van der Waals surface area contributed by atoms with Gasteiger partial charge in [0.25, 0.3) is 5.91 Å². The second-order valence-electron chi connectivity index (χ2n) is 11.7. The molecule has 6 rings (SSSR count). The van der Waals surface area contributed by atoms with Gasteiger partial charge in [-0.2, -0.15) is 5.26 Å². The third-order valence-corrected chi connectivity index (χ3v) is 8.13. The van der Waals surface area contributed by atoms with E-state index in [1.807, 2.05) is 36.4 Å². The van der Waals surface area contributed by atoms with Gasteiger partial charge in [-0.15, -0.1) is 0 Å². The third kappa shape index (κ3) is 8.52. The quantitative estimate of drug-likeness (QED) is 0.268. The van der Waals surface area contributed by atoms with Crippen LogP contribution < -0.4 is 31.3 Å². The van der Waals surface area contributed by atoms with Gasteiger partial charge in [-0.1, -0.05) is 42.5 Å². The number of nitrogens with zero attached hydrogens (tertiary/aromatic N) is 1. The zero-order valence-corrected chi connectivity index (χ0v) is 25.9. The van der Waals surface area contributed by atoms with Gasteiger partial charge in [0.15, 0.2) is 0 Å². The van der Waals surface area contributed by atoms with Crippen molar-refractivity contribution < 1.29 is 28.7 Å². The number of carbonyl (C=O) groups excluding carboxylic acids is 5. The summed E-state index contributed by atoms with van der Waals surface area (Å²) in [5.41, 5.74) is 1.08. The molecule has 2 heterocycles. The average molecular weight is 637 g/mol. The van der Waals surface area contributed by atoms with Crippen molar-refractivity contribution in [3.8, 4) is 11.8 Å². The molecule has 0 radical (unpaired) electrons. The SMILES string of the molecule is C[C@@H]1NC(=O)[C@@H](NC(=O)c2ccc(C#N)cc2)Cc2ccc(cc2)OCCNC(=O)C2(CC2)NC(=O)[C@@H](Cc2ccccc2)NC1=O. The molecule has 1 spiro atoms. The van der Waals surface area contributed by atoms with Crippen molar-refractivity contribution in [1.82, 2.24) is 26.6 Å². The fraction of sp³-hybridized carbons (Fsp3) is 0.314. The van der Waals surface area contributed by atoms with Crippen LogP contribution in [0.5, 0.6) is 5.75 Å². The van der Waals surface area contributed by atoms with Crippen LogP contribution in [0.2, 0.25) is 0 Å². The summed E-state index contributed by atoms with van der Waals surface area (Å²) in [6.45, 7) is 1.88. The van der Waals surface area contributed by atoms with E-state index < -0.39 is 47.3 Å². The molecule has 3 aromatic rings. The van der Waals surface area contributed by atoms with Gasteiger partial charge in [0.1, 0.15) is 36.0 Å². The van der Waals surface area contributed by atoms with E-state index in [2.05, 4.69) is 26.6 Å². The molecule has 12 heteroatoms. The number of carbonyl (C=O) groups is 5. The predicted molar refractivity (Wildman–Crippen MR) is 171 cm³/mol. The van der Waals surface area contributed by atoms with Gasteiger partial charge in [-0.05, 0) is 67.3 Å². The zero-order valence-electron chi connectivity index (χ0n) is 25.9. The van der Waals surface area contributed by atoms with Crippen LogP contribution in [-0.2, 0) is 32.0 Å². The highest BCUT2D eigenvalue weighted by atomic mass is 16.5. The summed E-state index contributed by atoms with van der Waals surface area (Å²) in [5.74, 6) is -2.05. The summed E-state index contributed by atoms with van der Waals surface area (Å²) in [6, 6.07) is 20.9. The molecular weight excluding hydrogens is 600 g/mol. The van der Waals surface area contributed by atoms with Gasteiger partial charge in [0.05, 0.1) is 18.2 Å². The Hall–Kier alpha value is -5.70. The van der Waals surface area contributed by atoms with E-state index in [-0.39, 0.29) is 37.5 Å². The second-order valence-corrected chi connectivity index (χ2v) is 11.7. The molecule has 1 saturated carbocycles. The molecule has 12 nitrogen and oxygen atoms in total. The van der Waals surface area contributed by atoms with Crippen LogP contribution in [0.15, 0.2) is 78.9 Å². The maximum atomic E-state index is 13.6. The number of fused-ring (bicyclic) bond motifs is 15. The summed E-state index contributed by atoms with van der Waals surface area (Å²) in [6.07, 6.45) is 1.17. The second kappa shape index (κ2) is 14.6. The van der Waals surface area contributed by atoms with Crippen LogP contribution >= 0.6 is 0 Å². The van der Waals surface area contributed by atoms with E-state index in [4.69, 9.17) is 10.00 Å². The summed E-state index contributed by atoms with van der Waals surface area (Å²) < 4.78 is 5.78. The van der Waals surface area contributed by atoms with Crippen LogP contribution in [-0.4, -0.2) is 66.4 Å². The van der Waals surface area contributed by atoms with Gasteiger partial charge in [-0.3, -0.25) is 24.0 Å². The number of rotatable bonds is 4.